The van der Waals surface area contributed by atoms with Gasteiger partial charge in [0, 0.05) is 61.3 Å². The van der Waals surface area contributed by atoms with Crippen LogP contribution in [0.5, 0.6) is 0 Å². The van der Waals surface area contributed by atoms with E-state index >= 15 is 0 Å². The van der Waals surface area contributed by atoms with Crippen molar-refractivity contribution in [2.75, 3.05) is 38.1 Å². The fraction of sp³-hybridized carbons (Fsp3) is 0.240. The molecular formula is C25H27N5O3. The van der Waals surface area contributed by atoms with Crippen LogP contribution < -0.4 is 15.7 Å². The summed E-state index contributed by atoms with van der Waals surface area (Å²) in [5, 5.41) is 11.6. The summed E-state index contributed by atoms with van der Waals surface area (Å²) in [4.78, 5) is 33.2. The number of carbonyl (C=O) groups excluding carboxylic acids is 2. The average Bonchev–Trinajstić information content (AvgIpc) is 2.88. The lowest BCUT2D eigenvalue weighted by atomic mass is 10.1. The molecule has 3 aromatic rings. The summed E-state index contributed by atoms with van der Waals surface area (Å²) in [5.41, 5.74) is 6.20. The smallest absolute Gasteiger partial charge is 0.274 e. The molecule has 0 aliphatic carbocycles. The van der Waals surface area contributed by atoms with Crippen molar-refractivity contribution in [1.82, 2.24) is 20.7 Å². The van der Waals surface area contributed by atoms with Crippen LogP contribution in [0.3, 0.4) is 0 Å². The zero-order chi connectivity index (χ0) is 23.2. The fourth-order valence-electron chi connectivity index (χ4n) is 3.76. The van der Waals surface area contributed by atoms with Crippen LogP contribution in [-0.4, -0.2) is 60.1 Å². The number of nitrogens with one attached hydrogen (secondary N) is 2. The molecule has 0 saturated carbocycles. The molecular weight excluding hydrogens is 418 g/mol. The molecule has 4 rings (SSSR count). The lowest BCUT2D eigenvalue weighted by molar-refractivity contribution is 0.0706. The van der Waals surface area contributed by atoms with Gasteiger partial charge in [0.1, 0.15) is 0 Å². The van der Waals surface area contributed by atoms with E-state index in [0.717, 1.165) is 43.0 Å². The number of piperazine rings is 1. The third-order valence-corrected chi connectivity index (χ3v) is 5.82. The third kappa shape index (κ3) is 5.54. The van der Waals surface area contributed by atoms with Crippen LogP contribution in [0.1, 0.15) is 26.3 Å². The summed E-state index contributed by atoms with van der Waals surface area (Å²) in [7, 11) is 2.14. The number of pyridine rings is 1. The Morgan fingerprint density at radius 1 is 0.909 bits per heavy atom. The number of carbonyl (C=O) groups is 2. The molecule has 2 aromatic carbocycles. The molecule has 0 radical (unpaired) electrons. The molecule has 0 atom stereocenters. The number of nitrogens with zero attached hydrogens (tertiary/aromatic N) is 3. The lowest BCUT2D eigenvalue weighted by Crippen LogP contribution is -2.44. The van der Waals surface area contributed by atoms with E-state index < -0.39 is 5.91 Å². The predicted octanol–water partition coefficient (Wildman–Crippen LogP) is 2.55. The third-order valence-electron chi connectivity index (χ3n) is 5.82. The minimum atomic E-state index is -0.577. The second-order valence-electron chi connectivity index (χ2n) is 8.09. The van der Waals surface area contributed by atoms with Crippen molar-refractivity contribution in [1.29, 1.82) is 0 Å². The molecule has 1 aliphatic heterocycles. The number of likely N-dealkylation sites (N-methyl/N-ethyl adjacent to an activating group) is 1. The quantitative estimate of drug-likeness (QED) is 0.399. The molecule has 1 aliphatic rings. The molecule has 3 N–H and O–H groups in total. The van der Waals surface area contributed by atoms with Crippen LogP contribution in [-0.2, 0) is 6.54 Å². The Balaban J connectivity index is 1.39. The van der Waals surface area contributed by atoms with Crippen molar-refractivity contribution in [3.8, 4) is 11.3 Å². The second-order valence-corrected chi connectivity index (χ2v) is 8.09. The number of hydroxylamine groups is 1. The summed E-state index contributed by atoms with van der Waals surface area (Å²) >= 11 is 0. The van der Waals surface area contributed by atoms with Crippen molar-refractivity contribution >= 4 is 17.5 Å². The highest BCUT2D eigenvalue weighted by atomic mass is 16.5. The van der Waals surface area contributed by atoms with Gasteiger partial charge in [0.2, 0.25) is 0 Å². The Bertz CT molecular complexity index is 1110. The topological polar surface area (TPSA) is 97.8 Å². The van der Waals surface area contributed by atoms with Crippen LogP contribution in [0.15, 0.2) is 66.9 Å². The van der Waals surface area contributed by atoms with E-state index in [1.54, 1.807) is 48.1 Å². The number of anilines is 1. The van der Waals surface area contributed by atoms with Gasteiger partial charge in [0.25, 0.3) is 11.8 Å². The van der Waals surface area contributed by atoms with Gasteiger partial charge in [0.15, 0.2) is 0 Å². The average molecular weight is 446 g/mol. The van der Waals surface area contributed by atoms with E-state index in [4.69, 9.17) is 5.21 Å². The number of rotatable bonds is 6. The lowest BCUT2D eigenvalue weighted by Gasteiger charge is -2.34. The molecule has 8 nitrogen and oxygen atoms in total. The molecule has 0 unspecified atom stereocenters. The van der Waals surface area contributed by atoms with Crippen molar-refractivity contribution in [2.24, 2.45) is 0 Å². The predicted molar refractivity (Wildman–Crippen MR) is 126 cm³/mol. The van der Waals surface area contributed by atoms with Crippen LogP contribution >= 0.6 is 0 Å². The van der Waals surface area contributed by atoms with E-state index in [1.807, 2.05) is 12.1 Å². The van der Waals surface area contributed by atoms with Gasteiger partial charge in [-0.15, -0.1) is 0 Å². The minimum absolute atomic E-state index is 0.204. The maximum Gasteiger partial charge on any atom is 0.274 e. The molecule has 1 fully saturated rings. The zero-order valence-electron chi connectivity index (χ0n) is 18.5. The van der Waals surface area contributed by atoms with Crippen LogP contribution in [0.2, 0.25) is 0 Å². The summed E-state index contributed by atoms with van der Waals surface area (Å²) < 4.78 is 0. The van der Waals surface area contributed by atoms with Crippen molar-refractivity contribution in [2.45, 2.75) is 6.54 Å². The molecule has 1 aromatic heterocycles. The molecule has 2 heterocycles. The number of benzene rings is 2. The van der Waals surface area contributed by atoms with Gasteiger partial charge in [0.05, 0.1) is 5.69 Å². The van der Waals surface area contributed by atoms with Crippen molar-refractivity contribution in [3.05, 3.63) is 83.6 Å². The van der Waals surface area contributed by atoms with E-state index in [9.17, 15) is 9.59 Å². The van der Waals surface area contributed by atoms with Gasteiger partial charge in [-0.25, -0.2) is 5.48 Å². The van der Waals surface area contributed by atoms with Gasteiger partial charge in [-0.3, -0.25) is 19.8 Å². The molecule has 2 amide bonds. The maximum absolute atomic E-state index is 12.7. The maximum atomic E-state index is 12.7. The number of hydrogen-bond donors (Lipinski definition) is 3. The fourth-order valence-corrected chi connectivity index (χ4v) is 3.76. The molecule has 170 valence electrons. The molecule has 8 heteroatoms. The van der Waals surface area contributed by atoms with E-state index in [1.165, 1.54) is 5.69 Å². The summed E-state index contributed by atoms with van der Waals surface area (Å²) in [6, 6.07) is 18.4. The van der Waals surface area contributed by atoms with Gasteiger partial charge < -0.3 is 15.1 Å². The van der Waals surface area contributed by atoms with Gasteiger partial charge in [-0.05, 0) is 49.0 Å². The highest BCUT2D eigenvalue weighted by Crippen LogP contribution is 2.23. The van der Waals surface area contributed by atoms with Crippen LogP contribution in [0.25, 0.3) is 11.3 Å². The Morgan fingerprint density at radius 3 is 2.27 bits per heavy atom. The number of amides is 2. The van der Waals surface area contributed by atoms with Gasteiger partial charge >= 0.3 is 0 Å². The summed E-state index contributed by atoms with van der Waals surface area (Å²) in [5.74, 6) is -0.781. The molecule has 0 bridgehead atoms. The Labute approximate surface area is 192 Å². The standard InChI is InChI=1S/C25H27N5O3/c1-29-12-14-30(15-13-29)22-8-6-19(7-9-22)23-16-21(10-11-26-23)24(31)27-17-18-2-4-20(5-3-18)25(32)28-33/h2-11,16,33H,12-15,17H2,1H3,(H,27,31)(H,28,32). The van der Waals surface area contributed by atoms with Crippen LogP contribution in [0.4, 0.5) is 5.69 Å². The van der Waals surface area contributed by atoms with Crippen molar-refractivity contribution < 1.29 is 14.8 Å². The SMILES string of the molecule is CN1CCN(c2ccc(-c3cc(C(=O)NCc4ccc(C(=O)NO)cc4)ccn3)cc2)CC1. The number of hydrogen-bond acceptors (Lipinski definition) is 6. The highest BCUT2D eigenvalue weighted by Gasteiger charge is 2.14. The molecule has 0 spiro atoms. The normalized spacial score (nSPS) is 14.1. The first-order chi connectivity index (χ1) is 16.0. The Kier molecular flexibility index (Phi) is 6.97. The second kappa shape index (κ2) is 10.2. The van der Waals surface area contributed by atoms with Gasteiger partial charge in [-0.1, -0.05) is 24.3 Å². The molecule has 1 saturated heterocycles. The highest BCUT2D eigenvalue weighted by molar-refractivity contribution is 5.95. The minimum Gasteiger partial charge on any atom is -0.369 e. The molecule has 33 heavy (non-hydrogen) atoms. The number of aromatic nitrogens is 1. The largest absolute Gasteiger partial charge is 0.369 e. The van der Waals surface area contributed by atoms with E-state index in [2.05, 4.69) is 39.3 Å². The Morgan fingerprint density at radius 2 is 1.61 bits per heavy atom. The Hall–Kier alpha value is -3.75. The monoisotopic (exact) mass is 445 g/mol. The van der Waals surface area contributed by atoms with Crippen molar-refractivity contribution in [3.63, 3.8) is 0 Å². The first-order valence-electron chi connectivity index (χ1n) is 10.8. The van der Waals surface area contributed by atoms with E-state index in [-0.39, 0.29) is 5.91 Å². The zero-order valence-corrected chi connectivity index (χ0v) is 18.5. The summed E-state index contributed by atoms with van der Waals surface area (Å²) in [6.45, 7) is 4.46. The van der Waals surface area contributed by atoms with Gasteiger partial charge in [-0.2, -0.15) is 0 Å². The summed E-state index contributed by atoms with van der Waals surface area (Å²) in [6.07, 6.45) is 1.64. The first kappa shape index (κ1) is 22.4. The van der Waals surface area contributed by atoms with E-state index in [0.29, 0.717) is 17.7 Å². The first-order valence-corrected chi connectivity index (χ1v) is 10.8. The van der Waals surface area contributed by atoms with Crippen LogP contribution in [0, 0.1) is 0 Å².